The Balaban J connectivity index is 1.13. The van der Waals surface area contributed by atoms with E-state index in [1.807, 2.05) is 13.0 Å². The van der Waals surface area contributed by atoms with E-state index in [2.05, 4.69) is 6.92 Å². The van der Waals surface area contributed by atoms with Crippen LogP contribution in [0.4, 0.5) is 0 Å². The molecule has 0 saturated carbocycles. The zero-order valence-corrected chi connectivity index (χ0v) is 28.0. The van der Waals surface area contributed by atoms with Gasteiger partial charge in [-0.3, -0.25) is 4.79 Å². The topological polar surface area (TPSA) is 102 Å². The predicted octanol–water partition coefficient (Wildman–Crippen LogP) is 8.07. The molecule has 254 valence electrons. The predicted molar refractivity (Wildman–Crippen MR) is 174 cm³/mol. The molecule has 7 atom stereocenters. The second-order valence-corrected chi connectivity index (χ2v) is 13.8. The lowest BCUT2D eigenvalue weighted by Crippen LogP contribution is -2.33. The van der Waals surface area contributed by atoms with Crippen LogP contribution in [0.2, 0.25) is 0 Å². The van der Waals surface area contributed by atoms with Gasteiger partial charge in [0.2, 0.25) is 0 Å². The number of ether oxygens (including phenoxy) is 3. The van der Waals surface area contributed by atoms with E-state index in [-0.39, 0.29) is 48.4 Å². The number of cyclic esters (lactones) is 1. The number of hydrogen-bond donors (Lipinski definition) is 2. The van der Waals surface area contributed by atoms with E-state index in [1.165, 1.54) is 44.9 Å². The molecule has 3 rings (SSSR count). The van der Waals surface area contributed by atoms with Gasteiger partial charge >= 0.3 is 5.97 Å². The SMILES string of the molecule is CCCCCCCCCCC(O)C1CCC(C2CCC(C(O)CCCCCCCCCC(=O)CCC3=CC(C)OC3=O)O2)O1. The Morgan fingerprint density at radius 1 is 0.727 bits per heavy atom. The first kappa shape index (κ1) is 37.2. The largest absolute Gasteiger partial charge is 0.455 e. The molecule has 3 aliphatic heterocycles. The third kappa shape index (κ3) is 14.0. The highest BCUT2D eigenvalue weighted by Crippen LogP contribution is 2.34. The number of Topliss-reactive ketones (excluding diaryl/α,β-unsaturated/α-hetero) is 1. The van der Waals surface area contributed by atoms with Gasteiger partial charge in [0.1, 0.15) is 11.9 Å². The smallest absolute Gasteiger partial charge is 0.334 e. The zero-order valence-electron chi connectivity index (χ0n) is 28.0. The third-order valence-electron chi connectivity index (χ3n) is 9.92. The third-order valence-corrected chi connectivity index (χ3v) is 9.92. The highest BCUT2D eigenvalue weighted by atomic mass is 16.6. The van der Waals surface area contributed by atoms with E-state index in [9.17, 15) is 19.8 Å². The van der Waals surface area contributed by atoms with Gasteiger partial charge < -0.3 is 24.4 Å². The molecule has 3 aliphatic rings. The fourth-order valence-corrected chi connectivity index (χ4v) is 7.12. The normalized spacial score (nSPS) is 26.6. The molecule has 0 bridgehead atoms. The summed E-state index contributed by atoms with van der Waals surface area (Å²) in [4.78, 5) is 23.7. The van der Waals surface area contributed by atoms with Crippen molar-refractivity contribution in [2.75, 3.05) is 0 Å². The van der Waals surface area contributed by atoms with Gasteiger partial charge in [0.25, 0.3) is 0 Å². The average molecular weight is 621 g/mol. The fourth-order valence-electron chi connectivity index (χ4n) is 7.12. The van der Waals surface area contributed by atoms with Crippen LogP contribution in [0.1, 0.15) is 168 Å². The molecule has 0 aliphatic carbocycles. The van der Waals surface area contributed by atoms with Crippen LogP contribution < -0.4 is 0 Å². The Kier molecular flexibility index (Phi) is 18.2. The molecule has 44 heavy (non-hydrogen) atoms. The Hall–Kier alpha value is -1.28. The lowest BCUT2D eigenvalue weighted by Gasteiger charge is -2.24. The van der Waals surface area contributed by atoms with Gasteiger partial charge in [0.05, 0.1) is 36.6 Å². The molecule has 0 spiro atoms. The Bertz CT molecular complexity index is 842. The summed E-state index contributed by atoms with van der Waals surface area (Å²) in [7, 11) is 0. The number of aliphatic hydroxyl groups excluding tert-OH is 2. The van der Waals surface area contributed by atoms with Crippen molar-refractivity contribution in [1.82, 2.24) is 0 Å². The molecule has 0 amide bonds. The van der Waals surface area contributed by atoms with Crippen molar-refractivity contribution in [3.8, 4) is 0 Å². The first-order chi connectivity index (χ1) is 21.4. The summed E-state index contributed by atoms with van der Waals surface area (Å²) in [6, 6.07) is 0. The van der Waals surface area contributed by atoms with Gasteiger partial charge in [-0.25, -0.2) is 4.79 Å². The minimum absolute atomic E-state index is 0.0434. The van der Waals surface area contributed by atoms with Crippen molar-refractivity contribution in [2.45, 2.75) is 211 Å². The summed E-state index contributed by atoms with van der Waals surface area (Å²) in [5.74, 6) is -0.0414. The van der Waals surface area contributed by atoms with Crippen molar-refractivity contribution >= 4 is 11.8 Å². The lowest BCUT2D eigenvalue weighted by molar-refractivity contribution is -0.139. The van der Waals surface area contributed by atoms with Crippen LogP contribution in [0, 0.1) is 0 Å². The second kappa shape index (κ2) is 21.5. The van der Waals surface area contributed by atoms with E-state index in [0.717, 1.165) is 89.9 Å². The van der Waals surface area contributed by atoms with Gasteiger partial charge in [-0.15, -0.1) is 0 Å². The number of unbranched alkanes of at least 4 members (excludes halogenated alkanes) is 13. The van der Waals surface area contributed by atoms with E-state index in [1.54, 1.807) is 0 Å². The van der Waals surface area contributed by atoms with Crippen molar-refractivity contribution in [2.24, 2.45) is 0 Å². The van der Waals surface area contributed by atoms with Crippen LogP contribution in [-0.4, -0.2) is 64.7 Å². The maximum absolute atomic E-state index is 12.1. The van der Waals surface area contributed by atoms with E-state index >= 15 is 0 Å². The first-order valence-electron chi connectivity index (χ1n) is 18.5. The molecule has 7 heteroatoms. The summed E-state index contributed by atoms with van der Waals surface area (Å²) in [5, 5.41) is 21.4. The second-order valence-electron chi connectivity index (χ2n) is 13.8. The number of carbonyl (C=O) groups excluding carboxylic acids is 2. The molecule has 7 unspecified atom stereocenters. The van der Waals surface area contributed by atoms with Crippen molar-refractivity contribution in [3.63, 3.8) is 0 Å². The van der Waals surface area contributed by atoms with Gasteiger partial charge in [-0.2, -0.15) is 0 Å². The highest BCUT2D eigenvalue weighted by Gasteiger charge is 2.40. The quantitative estimate of drug-likeness (QED) is 0.0786. The van der Waals surface area contributed by atoms with Crippen molar-refractivity contribution < 1.29 is 34.0 Å². The van der Waals surface area contributed by atoms with Crippen LogP contribution in [0.25, 0.3) is 0 Å². The number of hydrogen-bond acceptors (Lipinski definition) is 7. The van der Waals surface area contributed by atoms with E-state index in [4.69, 9.17) is 14.2 Å². The maximum atomic E-state index is 12.1. The van der Waals surface area contributed by atoms with Gasteiger partial charge in [-0.05, 0) is 64.4 Å². The minimum atomic E-state index is -0.416. The number of aliphatic hydroxyl groups is 2. The fraction of sp³-hybridized carbons (Fsp3) is 0.892. The molecular weight excluding hydrogens is 556 g/mol. The molecule has 7 nitrogen and oxygen atoms in total. The number of carbonyl (C=O) groups is 2. The van der Waals surface area contributed by atoms with Crippen LogP contribution in [-0.2, 0) is 23.8 Å². The molecule has 0 radical (unpaired) electrons. The molecule has 2 fully saturated rings. The number of ketones is 1. The summed E-state index contributed by atoms with van der Waals surface area (Å²) in [6.07, 6.45) is 25.3. The Labute approximate surface area is 267 Å². The summed E-state index contributed by atoms with van der Waals surface area (Å²) in [5.41, 5.74) is 0.645. The van der Waals surface area contributed by atoms with Crippen LogP contribution >= 0.6 is 0 Å². The molecule has 3 heterocycles. The first-order valence-corrected chi connectivity index (χ1v) is 18.5. The highest BCUT2D eigenvalue weighted by molar-refractivity contribution is 5.91. The summed E-state index contributed by atoms with van der Waals surface area (Å²) < 4.78 is 17.6. The van der Waals surface area contributed by atoms with E-state index < -0.39 is 6.10 Å². The van der Waals surface area contributed by atoms with Crippen LogP contribution in [0.5, 0.6) is 0 Å². The molecule has 0 aromatic heterocycles. The summed E-state index contributed by atoms with van der Waals surface area (Å²) in [6.45, 7) is 4.09. The van der Waals surface area contributed by atoms with Crippen molar-refractivity contribution in [3.05, 3.63) is 11.6 Å². The maximum Gasteiger partial charge on any atom is 0.334 e. The molecule has 2 N–H and O–H groups in total. The standard InChI is InChI=1S/C37H64O7/c1-3-4-5-6-7-10-13-16-19-31(39)33-23-25-35(43-33)36-26-24-34(44-36)32(40)20-17-14-11-8-9-12-15-18-30(38)22-21-29-27-28(2)42-37(29)41/h27-28,31-36,39-40H,3-26H2,1-2H3. The van der Waals surface area contributed by atoms with E-state index in [0.29, 0.717) is 24.8 Å². The zero-order chi connectivity index (χ0) is 31.6. The Morgan fingerprint density at radius 2 is 1.20 bits per heavy atom. The monoisotopic (exact) mass is 620 g/mol. The number of esters is 1. The molecule has 0 aromatic rings. The Morgan fingerprint density at radius 3 is 1.68 bits per heavy atom. The molecule has 2 saturated heterocycles. The van der Waals surface area contributed by atoms with Gasteiger partial charge in [-0.1, -0.05) is 96.8 Å². The van der Waals surface area contributed by atoms with Gasteiger partial charge in [0.15, 0.2) is 0 Å². The number of rotatable bonds is 25. The molecule has 0 aromatic carbocycles. The van der Waals surface area contributed by atoms with Crippen LogP contribution in [0.15, 0.2) is 11.6 Å². The van der Waals surface area contributed by atoms with Gasteiger partial charge in [0, 0.05) is 18.4 Å². The minimum Gasteiger partial charge on any atom is -0.455 e. The van der Waals surface area contributed by atoms with Crippen LogP contribution in [0.3, 0.4) is 0 Å². The molecular formula is C37H64O7. The average Bonchev–Trinajstić information content (AvgIpc) is 3.76. The summed E-state index contributed by atoms with van der Waals surface area (Å²) >= 11 is 0. The van der Waals surface area contributed by atoms with Crippen molar-refractivity contribution in [1.29, 1.82) is 0 Å². The lowest BCUT2D eigenvalue weighted by atomic mass is 10.00.